The number of aromatic nitrogens is 4. The molecule has 0 spiro atoms. The Morgan fingerprint density at radius 1 is 0.912 bits per heavy atom. The second-order valence-electron chi connectivity index (χ2n) is 7.20. The molecule has 5 rings (SSSR count). The van der Waals surface area contributed by atoms with Crippen molar-refractivity contribution < 1.29 is 18.0 Å². The van der Waals surface area contributed by atoms with Gasteiger partial charge in [-0.1, -0.05) is 18.2 Å². The van der Waals surface area contributed by atoms with E-state index in [1.165, 1.54) is 40.9 Å². The number of anilines is 1. The van der Waals surface area contributed by atoms with Crippen LogP contribution in [0.15, 0.2) is 73.1 Å². The van der Waals surface area contributed by atoms with Crippen LogP contribution in [0.2, 0.25) is 5.28 Å². The third-order valence-corrected chi connectivity index (χ3v) is 5.25. The Bertz CT molecular complexity index is 1550. The van der Waals surface area contributed by atoms with Crippen LogP contribution in [0, 0.1) is 17.5 Å². The number of fused-ring (bicyclic) bond motifs is 1. The van der Waals surface area contributed by atoms with Gasteiger partial charge in [-0.2, -0.15) is 0 Å². The number of halogens is 4. The first kappa shape index (κ1) is 21.6. The number of carbonyl (C=O) groups is 1. The smallest absolute Gasteiger partial charge is 0.255 e. The Balaban J connectivity index is 1.63. The molecule has 0 fully saturated rings. The number of rotatable bonds is 4. The Labute approximate surface area is 195 Å². The lowest BCUT2D eigenvalue weighted by Crippen LogP contribution is -2.14. The van der Waals surface area contributed by atoms with Gasteiger partial charge in [0.05, 0.1) is 17.1 Å². The summed E-state index contributed by atoms with van der Waals surface area (Å²) < 4.78 is 44.0. The van der Waals surface area contributed by atoms with Gasteiger partial charge in [0.15, 0.2) is 11.5 Å². The highest BCUT2D eigenvalue weighted by Gasteiger charge is 2.21. The van der Waals surface area contributed by atoms with Gasteiger partial charge in [0.25, 0.3) is 5.91 Å². The van der Waals surface area contributed by atoms with Gasteiger partial charge in [-0.15, -0.1) is 0 Å². The van der Waals surface area contributed by atoms with Crippen LogP contribution in [-0.2, 0) is 0 Å². The second-order valence-corrected chi connectivity index (χ2v) is 7.54. The van der Waals surface area contributed by atoms with Crippen LogP contribution >= 0.6 is 11.6 Å². The van der Waals surface area contributed by atoms with E-state index in [0.29, 0.717) is 22.6 Å². The molecule has 3 heterocycles. The molecule has 6 nitrogen and oxygen atoms in total. The summed E-state index contributed by atoms with van der Waals surface area (Å²) in [5, 5.41) is 2.25. The Morgan fingerprint density at radius 3 is 2.41 bits per heavy atom. The van der Waals surface area contributed by atoms with E-state index in [4.69, 9.17) is 11.6 Å². The van der Waals surface area contributed by atoms with Crippen LogP contribution in [0.3, 0.4) is 0 Å². The summed E-state index contributed by atoms with van der Waals surface area (Å²) in [6.07, 6.45) is 3.08. The number of benzene rings is 2. The number of carbonyl (C=O) groups excluding carboxylic acids is 1. The number of hydrogen-bond acceptors (Lipinski definition) is 4. The third kappa shape index (κ3) is 3.86. The highest BCUT2D eigenvalue weighted by molar-refractivity contribution is 6.28. The van der Waals surface area contributed by atoms with E-state index in [0.717, 1.165) is 12.1 Å². The maximum absolute atomic E-state index is 14.5. The summed E-state index contributed by atoms with van der Waals surface area (Å²) in [7, 11) is 0. The van der Waals surface area contributed by atoms with E-state index in [9.17, 15) is 18.0 Å². The molecule has 0 saturated carbocycles. The van der Waals surface area contributed by atoms with Crippen molar-refractivity contribution in [2.45, 2.75) is 0 Å². The maximum Gasteiger partial charge on any atom is 0.255 e. The fourth-order valence-corrected chi connectivity index (χ4v) is 3.71. The highest BCUT2D eigenvalue weighted by atomic mass is 35.5. The van der Waals surface area contributed by atoms with Gasteiger partial charge in [0.1, 0.15) is 17.3 Å². The van der Waals surface area contributed by atoms with Crippen molar-refractivity contribution in [3.05, 3.63) is 101 Å². The molecular weight excluding hydrogens is 467 g/mol. The third-order valence-electron chi connectivity index (χ3n) is 5.07. The van der Waals surface area contributed by atoms with Gasteiger partial charge < -0.3 is 5.32 Å². The van der Waals surface area contributed by atoms with Crippen molar-refractivity contribution in [1.29, 1.82) is 0 Å². The topological polar surface area (TPSA) is 72.2 Å². The van der Waals surface area contributed by atoms with Crippen molar-refractivity contribution in [1.82, 2.24) is 19.4 Å². The van der Waals surface area contributed by atoms with E-state index in [1.807, 2.05) is 0 Å². The zero-order valence-electron chi connectivity index (χ0n) is 17.1. The monoisotopic (exact) mass is 479 g/mol. The number of hydrogen-bond donors (Lipinski definition) is 1. The predicted molar refractivity (Wildman–Crippen MR) is 121 cm³/mol. The summed E-state index contributed by atoms with van der Waals surface area (Å²) >= 11 is 5.97. The zero-order chi connectivity index (χ0) is 23.8. The number of nitrogens with zero attached hydrogens (tertiary/aromatic N) is 4. The Kier molecular flexibility index (Phi) is 5.46. The van der Waals surface area contributed by atoms with Gasteiger partial charge >= 0.3 is 0 Å². The molecule has 0 atom stereocenters. The molecule has 0 bridgehead atoms. The minimum absolute atomic E-state index is 0.00477. The van der Waals surface area contributed by atoms with Crippen molar-refractivity contribution in [3.8, 4) is 22.6 Å². The van der Waals surface area contributed by atoms with Gasteiger partial charge in [-0.25, -0.2) is 28.1 Å². The average Bonchev–Trinajstić information content (AvgIpc) is 3.23. The van der Waals surface area contributed by atoms with Crippen LogP contribution < -0.4 is 5.32 Å². The lowest BCUT2D eigenvalue weighted by molar-refractivity contribution is 0.102. The summed E-state index contributed by atoms with van der Waals surface area (Å²) in [5.74, 6) is -3.09. The number of imidazole rings is 1. The molecule has 0 unspecified atom stereocenters. The summed E-state index contributed by atoms with van der Waals surface area (Å²) in [6, 6.07) is 13.9. The molecule has 168 valence electrons. The molecule has 0 aliphatic heterocycles. The van der Waals surface area contributed by atoms with E-state index in [2.05, 4.69) is 20.3 Å². The molecule has 10 heteroatoms. The number of nitrogens with one attached hydrogen (secondary N) is 1. The zero-order valence-corrected chi connectivity index (χ0v) is 17.9. The van der Waals surface area contributed by atoms with Gasteiger partial charge in [-0.3, -0.25) is 9.20 Å². The molecule has 2 aromatic carbocycles. The Morgan fingerprint density at radius 2 is 1.65 bits per heavy atom. The normalized spacial score (nSPS) is 11.1. The first-order chi connectivity index (χ1) is 16.4. The minimum Gasteiger partial charge on any atom is -0.317 e. The largest absolute Gasteiger partial charge is 0.317 e. The van der Waals surface area contributed by atoms with E-state index >= 15 is 0 Å². The standard InChI is InChI=1S/C24H13ClF3N5O/c25-24-29-10-9-18(30-24)21-19(31-22-17(28)8-3-11-33(21)22)13-4-1-5-14(12-13)23(34)32-20-15(26)6-2-7-16(20)27/h1-12H,(H,32,34). The number of pyridine rings is 1. The van der Waals surface area contributed by atoms with Crippen molar-refractivity contribution in [2.24, 2.45) is 0 Å². The lowest BCUT2D eigenvalue weighted by Gasteiger charge is -2.09. The van der Waals surface area contributed by atoms with Gasteiger partial charge in [0, 0.05) is 23.5 Å². The second kappa shape index (κ2) is 8.60. The quantitative estimate of drug-likeness (QED) is 0.332. The maximum atomic E-state index is 14.5. The molecule has 0 radical (unpaired) electrons. The summed E-state index contributed by atoms with van der Waals surface area (Å²) in [4.78, 5) is 25.3. The van der Waals surface area contributed by atoms with Crippen LogP contribution in [0.4, 0.5) is 18.9 Å². The van der Waals surface area contributed by atoms with Crippen molar-refractivity contribution >= 4 is 28.8 Å². The molecule has 0 aliphatic carbocycles. The average molecular weight is 480 g/mol. The van der Waals surface area contributed by atoms with Crippen LogP contribution in [0.5, 0.6) is 0 Å². The van der Waals surface area contributed by atoms with Gasteiger partial charge in [0.2, 0.25) is 5.28 Å². The van der Waals surface area contributed by atoms with E-state index in [-0.39, 0.29) is 16.5 Å². The molecule has 1 amide bonds. The minimum atomic E-state index is -0.900. The molecule has 0 saturated heterocycles. The van der Waals surface area contributed by atoms with E-state index < -0.39 is 29.0 Å². The number of amides is 1. The summed E-state index contributed by atoms with van der Waals surface area (Å²) in [5.41, 5.74) is 1.20. The molecular formula is C24H13ClF3N5O. The molecule has 5 aromatic rings. The van der Waals surface area contributed by atoms with Crippen molar-refractivity contribution in [3.63, 3.8) is 0 Å². The van der Waals surface area contributed by atoms with E-state index in [1.54, 1.807) is 24.4 Å². The first-order valence-corrected chi connectivity index (χ1v) is 10.3. The summed E-state index contributed by atoms with van der Waals surface area (Å²) in [6.45, 7) is 0. The number of para-hydroxylation sites is 1. The highest BCUT2D eigenvalue weighted by Crippen LogP contribution is 2.33. The molecule has 34 heavy (non-hydrogen) atoms. The predicted octanol–water partition coefficient (Wildman–Crippen LogP) is 5.78. The molecule has 3 aromatic heterocycles. The molecule has 0 aliphatic rings. The van der Waals surface area contributed by atoms with Crippen LogP contribution in [-0.4, -0.2) is 25.3 Å². The molecule has 1 N–H and O–H groups in total. The lowest BCUT2D eigenvalue weighted by atomic mass is 10.0. The van der Waals surface area contributed by atoms with Gasteiger partial charge in [-0.05, 0) is 54.1 Å². The van der Waals surface area contributed by atoms with Crippen LogP contribution in [0.1, 0.15) is 10.4 Å². The fourth-order valence-electron chi connectivity index (χ4n) is 3.56. The Hall–Kier alpha value is -4.24. The van der Waals surface area contributed by atoms with Crippen LogP contribution in [0.25, 0.3) is 28.3 Å². The van der Waals surface area contributed by atoms with Crippen molar-refractivity contribution in [2.75, 3.05) is 5.32 Å². The fraction of sp³-hybridized carbons (Fsp3) is 0. The first-order valence-electron chi connectivity index (χ1n) is 9.93. The SMILES string of the molecule is O=C(Nc1c(F)cccc1F)c1cccc(-c2nc3c(F)cccn3c2-c2ccnc(Cl)n2)c1.